The first-order valence-electron chi connectivity index (χ1n) is 4.05. The Hall–Kier alpha value is -0.700. The van der Waals surface area contributed by atoms with Crippen molar-refractivity contribution in [3.8, 4) is 0 Å². The quantitative estimate of drug-likeness (QED) is 0.626. The molecule has 1 fully saturated rings. The second-order valence-electron chi connectivity index (χ2n) is 2.52. The maximum Gasteiger partial charge on any atom is 0.0967 e. The monoisotopic (exact) mass is 156 g/mol. The third-order valence-electron chi connectivity index (χ3n) is 1.88. The first-order valence-corrected chi connectivity index (χ1v) is 4.05. The van der Waals surface area contributed by atoms with E-state index < -0.39 is 0 Å². The van der Waals surface area contributed by atoms with Crippen molar-refractivity contribution in [1.82, 2.24) is 10.2 Å². The van der Waals surface area contributed by atoms with E-state index in [4.69, 9.17) is 4.74 Å². The standard InChI is InChI=1S/C8H16N2O/c1-3-8(9-2)10-4-6-11-7-5-10/h3,9H,4-7H2,1-2H3/b8-3+. The van der Waals surface area contributed by atoms with Crippen molar-refractivity contribution in [2.24, 2.45) is 0 Å². The highest BCUT2D eigenvalue weighted by atomic mass is 16.5. The second kappa shape index (κ2) is 4.23. The van der Waals surface area contributed by atoms with E-state index in [2.05, 4.69) is 16.3 Å². The summed E-state index contributed by atoms with van der Waals surface area (Å²) in [6.45, 7) is 5.74. The van der Waals surface area contributed by atoms with E-state index in [1.54, 1.807) is 0 Å². The zero-order chi connectivity index (χ0) is 8.10. The number of morpholine rings is 1. The lowest BCUT2D eigenvalue weighted by Gasteiger charge is -2.30. The van der Waals surface area contributed by atoms with Gasteiger partial charge in [0.1, 0.15) is 0 Å². The molecule has 0 atom stereocenters. The molecule has 1 heterocycles. The van der Waals surface area contributed by atoms with Crippen LogP contribution in [0.2, 0.25) is 0 Å². The number of ether oxygens (including phenoxy) is 1. The summed E-state index contributed by atoms with van der Waals surface area (Å²) in [4.78, 5) is 2.30. The molecule has 11 heavy (non-hydrogen) atoms. The van der Waals surface area contributed by atoms with Gasteiger partial charge in [0.15, 0.2) is 0 Å². The first-order chi connectivity index (χ1) is 5.38. The SMILES string of the molecule is C/C=C(\NC)N1CCOCC1. The Kier molecular flexibility index (Phi) is 3.23. The van der Waals surface area contributed by atoms with Crippen LogP contribution in [0, 0.1) is 0 Å². The molecule has 0 aromatic rings. The molecule has 1 aliphatic rings. The predicted octanol–water partition coefficient (Wildman–Crippen LogP) is 0.399. The average molecular weight is 156 g/mol. The Labute approximate surface area is 68.0 Å². The third kappa shape index (κ3) is 2.12. The van der Waals surface area contributed by atoms with Gasteiger partial charge in [0, 0.05) is 20.1 Å². The van der Waals surface area contributed by atoms with Crippen LogP contribution in [-0.4, -0.2) is 38.3 Å². The summed E-state index contributed by atoms with van der Waals surface area (Å²) in [5.74, 6) is 1.20. The van der Waals surface area contributed by atoms with Crippen molar-refractivity contribution >= 4 is 0 Å². The first kappa shape index (κ1) is 8.40. The molecule has 0 aromatic heterocycles. The van der Waals surface area contributed by atoms with E-state index in [0.717, 1.165) is 26.3 Å². The molecule has 3 nitrogen and oxygen atoms in total. The van der Waals surface area contributed by atoms with E-state index in [0.29, 0.717) is 0 Å². The molecule has 0 spiro atoms. The Balaban J connectivity index is 2.43. The van der Waals surface area contributed by atoms with Gasteiger partial charge in [-0.2, -0.15) is 0 Å². The fourth-order valence-electron chi connectivity index (χ4n) is 1.29. The fourth-order valence-corrected chi connectivity index (χ4v) is 1.29. The number of hydrogen-bond acceptors (Lipinski definition) is 3. The number of nitrogens with one attached hydrogen (secondary N) is 1. The predicted molar refractivity (Wildman–Crippen MR) is 45.2 cm³/mol. The van der Waals surface area contributed by atoms with Crippen molar-refractivity contribution in [2.45, 2.75) is 6.92 Å². The molecule has 1 saturated heterocycles. The van der Waals surface area contributed by atoms with E-state index in [1.165, 1.54) is 5.82 Å². The zero-order valence-corrected chi connectivity index (χ0v) is 7.26. The summed E-state index contributed by atoms with van der Waals surface area (Å²) in [6.07, 6.45) is 2.09. The van der Waals surface area contributed by atoms with Gasteiger partial charge in [-0.25, -0.2) is 0 Å². The molecular weight excluding hydrogens is 140 g/mol. The zero-order valence-electron chi connectivity index (χ0n) is 7.26. The van der Waals surface area contributed by atoms with Gasteiger partial charge >= 0.3 is 0 Å². The molecule has 1 aliphatic heterocycles. The van der Waals surface area contributed by atoms with Crippen LogP contribution >= 0.6 is 0 Å². The molecule has 1 rings (SSSR count). The normalized spacial score (nSPS) is 20.2. The van der Waals surface area contributed by atoms with Gasteiger partial charge in [-0.15, -0.1) is 0 Å². The summed E-state index contributed by atoms with van der Waals surface area (Å²) < 4.78 is 5.24. The number of nitrogens with zero attached hydrogens (tertiary/aromatic N) is 1. The van der Waals surface area contributed by atoms with E-state index in [1.807, 2.05) is 14.0 Å². The lowest BCUT2D eigenvalue weighted by atomic mass is 10.4. The van der Waals surface area contributed by atoms with Crippen LogP contribution in [0.4, 0.5) is 0 Å². The van der Waals surface area contributed by atoms with Crippen molar-refractivity contribution in [3.63, 3.8) is 0 Å². The van der Waals surface area contributed by atoms with Crippen molar-refractivity contribution in [1.29, 1.82) is 0 Å². The van der Waals surface area contributed by atoms with Gasteiger partial charge in [0.25, 0.3) is 0 Å². The summed E-state index contributed by atoms with van der Waals surface area (Å²) in [7, 11) is 1.95. The van der Waals surface area contributed by atoms with Crippen LogP contribution in [-0.2, 0) is 4.74 Å². The second-order valence-corrected chi connectivity index (χ2v) is 2.52. The Morgan fingerprint density at radius 1 is 1.45 bits per heavy atom. The Bertz CT molecular complexity index is 139. The summed E-state index contributed by atoms with van der Waals surface area (Å²) >= 11 is 0. The van der Waals surface area contributed by atoms with E-state index in [9.17, 15) is 0 Å². The molecule has 0 amide bonds. The number of hydrogen-bond donors (Lipinski definition) is 1. The minimum atomic E-state index is 0.846. The van der Waals surface area contributed by atoms with Crippen LogP contribution in [0.1, 0.15) is 6.92 Å². The maximum atomic E-state index is 5.24. The number of allylic oxidation sites excluding steroid dienone is 1. The minimum absolute atomic E-state index is 0.846. The highest BCUT2D eigenvalue weighted by Gasteiger charge is 2.10. The largest absolute Gasteiger partial charge is 0.378 e. The van der Waals surface area contributed by atoms with E-state index >= 15 is 0 Å². The molecule has 0 saturated carbocycles. The van der Waals surface area contributed by atoms with Gasteiger partial charge in [-0.1, -0.05) is 0 Å². The maximum absolute atomic E-state index is 5.24. The lowest BCUT2D eigenvalue weighted by Crippen LogP contribution is -2.39. The molecule has 0 aliphatic carbocycles. The van der Waals surface area contributed by atoms with Crippen LogP contribution in [0.3, 0.4) is 0 Å². The van der Waals surface area contributed by atoms with Crippen LogP contribution in [0.25, 0.3) is 0 Å². The summed E-state index contributed by atoms with van der Waals surface area (Å²) in [5.41, 5.74) is 0. The van der Waals surface area contributed by atoms with Gasteiger partial charge < -0.3 is 15.0 Å². The van der Waals surface area contributed by atoms with Gasteiger partial charge in [0.2, 0.25) is 0 Å². The topological polar surface area (TPSA) is 24.5 Å². The Morgan fingerprint density at radius 3 is 2.55 bits per heavy atom. The molecule has 3 heteroatoms. The van der Waals surface area contributed by atoms with Gasteiger partial charge in [-0.3, -0.25) is 0 Å². The molecule has 64 valence electrons. The van der Waals surface area contributed by atoms with Crippen LogP contribution in [0.15, 0.2) is 11.9 Å². The molecule has 0 unspecified atom stereocenters. The molecule has 0 bridgehead atoms. The Morgan fingerprint density at radius 2 is 2.09 bits per heavy atom. The lowest BCUT2D eigenvalue weighted by molar-refractivity contribution is 0.0508. The minimum Gasteiger partial charge on any atom is -0.378 e. The number of rotatable bonds is 2. The van der Waals surface area contributed by atoms with Crippen molar-refractivity contribution in [3.05, 3.63) is 11.9 Å². The highest BCUT2D eigenvalue weighted by molar-refractivity contribution is 4.96. The van der Waals surface area contributed by atoms with Gasteiger partial charge in [-0.05, 0) is 13.0 Å². The van der Waals surface area contributed by atoms with Gasteiger partial charge in [0.05, 0.1) is 19.0 Å². The molecular formula is C8H16N2O. The fraction of sp³-hybridized carbons (Fsp3) is 0.750. The molecule has 0 radical (unpaired) electrons. The van der Waals surface area contributed by atoms with E-state index in [-0.39, 0.29) is 0 Å². The van der Waals surface area contributed by atoms with Crippen LogP contribution in [0.5, 0.6) is 0 Å². The molecule has 1 N–H and O–H groups in total. The highest BCUT2D eigenvalue weighted by Crippen LogP contribution is 2.03. The molecule has 0 aromatic carbocycles. The van der Waals surface area contributed by atoms with Crippen molar-refractivity contribution < 1.29 is 4.74 Å². The van der Waals surface area contributed by atoms with Crippen molar-refractivity contribution in [2.75, 3.05) is 33.4 Å². The average Bonchev–Trinajstić information content (AvgIpc) is 2.09. The summed E-state index contributed by atoms with van der Waals surface area (Å²) in [5, 5.41) is 3.15. The smallest absolute Gasteiger partial charge is 0.0967 e. The summed E-state index contributed by atoms with van der Waals surface area (Å²) in [6, 6.07) is 0. The third-order valence-corrected chi connectivity index (χ3v) is 1.88. The van der Waals surface area contributed by atoms with Crippen LogP contribution < -0.4 is 5.32 Å².